The predicted octanol–water partition coefficient (Wildman–Crippen LogP) is 4.48. The Labute approximate surface area is 156 Å². The number of nitriles is 1. The van der Waals surface area contributed by atoms with Crippen LogP contribution in [0.4, 0.5) is 0 Å². The van der Waals surface area contributed by atoms with Gasteiger partial charge in [-0.1, -0.05) is 29.5 Å². The minimum absolute atomic E-state index is 0.499. The van der Waals surface area contributed by atoms with Gasteiger partial charge in [0.05, 0.1) is 11.3 Å². The molecule has 2 heterocycles. The summed E-state index contributed by atoms with van der Waals surface area (Å²) in [5.41, 5.74) is 5.07. The predicted molar refractivity (Wildman–Crippen MR) is 99.6 cm³/mol. The monoisotopic (exact) mass is 362 g/mol. The number of thioether (sulfide) groups is 1. The molecule has 0 atom stereocenters. The van der Waals surface area contributed by atoms with Crippen molar-refractivity contribution in [3.05, 3.63) is 58.6 Å². The van der Waals surface area contributed by atoms with Crippen molar-refractivity contribution in [3.63, 3.8) is 0 Å². The van der Waals surface area contributed by atoms with E-state index in [0.29, 0.717) is 23.1 Å². The van der Waals surface area contributed by atoms with Crippen LogP contribution < -0.4 is 0 Å². The molecule has 6 heteroatoms. The third-order valence-corrected chi connectivity index (χ3v) is 5.46. The zero-order valence-electron chi connectivity index (χ0n) is 14.5. The molecule has 0 aliphatic heterocycles. The van der Waals surface area contributed by atoms with Gasteiger partial charge in [0.2, 0.25) is 11.8 Å². The Bertz CT molecular complexity index is 972. The topological polar surface area (TPSA) is 75.6 Å². The first-order chi connectivity index (χ1) is 12.7. The van der Waals surface area contributed by atoms with Crippen LogP contribution in [0.2, 0.25) is 0 Å². The molecule has 130 valence electrons. The first-order valence-corrected chi connectivity index (χ1v) is 9.66. The highest BCUT2D eigenvalue weighted by Crippen LogP contribution is 2.29. The van der Waals surface area contributed by atoms with Gasteiger partial charge in [-0.3, -0.25) is 0 Å². The summed E-state index contributed by atoms with van der Waals surface area (Å²) in [5.74, 6) is 1.55. The molecule has 0 spiro atoms. The van der Waals surface area contributed by atoms with E-state index >= 15 is 0 Å². The van der Waals surface area contributed by atoms with Gasteiger partial charge in [0, 0.05) is 11.3 Å². The molecule has 0 saturated carbocycles. The van der Waals surface area contributed by atoms with Gasteiger partial charge in [0.1, 0.15) is 11.1 Å². The molecule has 0 fully saturated rings. The second-order valence-corrected chi connectivity index (χ2v) is 7.39. The summed E-state index contributed by atoms with van der Waals surface area (Å²) in [6.07, 6.45) is 4.35. The second kappa shape index (κ2) is 7.30. The van der Waals surface area contributed by atoms with Crippen LogP contribution in [0, 0.1) is 18.3 Å². The lowest BCUT2D eigenvalue weighted by molar-refractivity contribution is 0.528. The van der Waals surface area contributed by atoms with Gasteiger partial charge >= 0.3 is 0 Å². The summed E-state index contributed by atoms with van der Waals surface area (Å²) in [4.78, 5) is 4.72. The Balaban J connectivity index is 1.51. The molecular weight excluding hydrogens is 344 g/mol. The lowest BCUT2D eigenvalue weighted by atomic mass is 9.95. The van der Waals surface area contributed by atoms with Gasteiger partial charge in [-0.2, -0.15) is 5.26 Å². The number of nitrogens with zero attached hydrogens (tertiary/aromatic N) is 4. The maximum absolute atomic E-state index is 9.44. The summed E-state index contributed by atoms with van der Waals surface area (Å²) in [7, 11) is 0. The minimum atomic E-state index is 0.499. The SMILES string of the molecule is Cc1ccc(-c2nnc(CSc3nc4c(cc3C#N)CCCC4)o2)cc1. The van der Waals surface area contributed by atoms with Gasteiger partial charge in [-0.05, 0) is 56.4 Å². The van der Waals surface area contributed by atoms with Crippen molar-refractivity contribution in [2.24, 2.45) is 0 Å². The summed E-state index contributed by atoms with van der Waals surface area (Å²) in [5, 5.41) is 18.4. The maximum atomic E-state index is 9.44. The van der Waals surface area contributed by atoms with E-state index in [9.17, 15) is 5.26 Å². The largest absolute Gasteiger partial charge is 0.420 e. The highest BCUT2D eigenvalue weighted by molar-refractivity contribution is 7.98. The van der Waals surface area contributed by atoms with Gasteiger partial charge < -0.3 is 4.42 Å². The highest BCUT2D eigenvalue weighted by atomic mass is 32.2. The standard InChI is InChI=1S/C20H18N4OS/c1-13-6-8-14(9-7-13)19-24-23-18(25-19)12-26-20-16(11-21)10-15-4-2-3-5-17(15)22-20/h6-10H,2-5,12H2,1H3. The van der Waals surface area contributed by atoms with Crippen LogP contribution in [0.5, 0.6) is 0 Å². The number of benzene rings is 1. The quantitative estimate of drug-likeness (QED) is 0.637. The minimum Gasteiger partial charge on any atom is -0.420 e. The van der Waals surface area contributed by atoms with Crippen LogP contribution >= 0.6 is 11.8 Å². The average molecular weight is 362 g/mol. The number of aromatic nitrogens is 3. The summed E-state index contributed by atoms with van der Waals surface area (Å²) >= 11 is 1.48. The van der Waals surface area contributed by atoms with E-state index in [2.05, 4.69) is 16.3 Å². The van der Waals surface area contributed by atoms with E-state index in [1.54, 1.807) is 0 Å². The van der Waals surface area contributed by atoms with Gasteiger partial charge in [0.25, 0.3) is 0 Å². The molecule has 0 bridgehead atoms. The van der Waals surface area contributed by atoms with Crippen LogP contribution in [-0.2, 0) is 18.6 Å². The van der Waals surface area contributed by atoms with Crippen molar-refractivity contribution in [2.75, 3.05) is 0 Å². The summed E-state index contributed by atoms with van der Waals surface area (Å²) in [6, 6.07) is 12.2. The Morgan fingerprint density at radius 3 is 2.77 bits per heavy atom. The number of hydrogen-bond acceptors (Lipinski definition) is 6. The second-order valence-electron chi connectivity index (χ2n) is 6.42. The van der Waals surface area contributed by atoms with Crippen molar-refractivity contribution in [2.45, 2.75) is 43.4 Å². The molecular formula is C20H18N4OS. The smallest absolute Gasteiger partial charge is 0.247 e. The molecule has 0 N–H and O–H groups in total. The third kappa shape index (κ3) is 3.49. The van der Waals surface area contributed by atoms with Crippen LogP contribution in [0.25, 0.3) is 11.5 Å². The van der Waals surface area contributed by atoms with Crippen LogP contribution in [0.3, 0.4) is 0 Å². The van der Waals surface area contributed by atoms with Crippen molar-refractivity contribution < 1.29 is 4.42 Å². The van der Waals surface area contributed by atoms with E-state index in [1.807, 2.05) is 37.3 Å². The van der Waals surface area contributed by atoms with Gasteiger partial charge in [-0.25, -0.2) is 4.98 Å². The fourth-order valence-electron chi connectivity index (χ4n) is 3.06. The van der Waals surface area contributed by atoms with Gasteiger partial charge in [0.15, 0.2) is 0 Å². The van der Waals surface area contributed by atoms with Crippen LogP contribution in [0.15, 0.2) is 39.8 Å². The Morgan fingerprint density at radius 1 is 1.15 bits per heavy atom. The number of hydrogen-bond donors (Lipinski definition) is 0. The van der Waals surface area contributed by atoms with Crippen molar-refractivity contribution >= 4 is 11.8 Å². The fraction of sp³-hybridized carbons (Fsp3) is 0.300. The molecule has 0 saturated heterocycles. The molecule has 4 rings (SSSR count). The van der Waals surface area contributed by atoms with E-state index in [0.717, 1.165) is 29.1 Å². The lowest BCUT2D eigenvalue weighted by Gasteiger charge is -2.16. The van der Waals surface area contributed by atoms with Gasteiger partial charge in [-0.15, -0.1) is 10.2 Å². The maximum Gasteiger partial charge on any atom is 0.247 e. The van der Waals surface area contributed by atoms with E-state index in [4.69, 9.17) is 9.40 Å². The average Bonchev–Trinajstić information content (AvgIpc) is 3.15. The Hall–Kier alpha value is -2.65. The molecule has 5 nitrogen and oxygen atoms in total. The molecule has 0 amide bonds. The molecule has 2 aromatic heterocycles. The molecule has 1 aliphatic carbocycles. The third-order valence-electron chi connectivity index (χ3n) is 4.48. The zero-order chi connectivity index (χ0) is 17.9. The van der Waals surface area contributed by atoms with Crippen LogP contribution in [-0.4, -0.2) is 15.2 Å². The normalized spacial score (nSPS) is 13.2. The zero-order valence-corrected chi connectivity index (χ0v) is 15.3. The summed E-state index contributed by atoms with van der Waals surface area (Å²) < 4.78 is 5.76. The van der Waals surface area contributed by atoms with Crippen molar-refractivity contribution in [3.8, 4) is 17.5 Å². The number of rotatable bonds is 4. The lowest BCUT2D eigenvalue weighted by Crippen LogP contribution is -2.07. The van der Waals surface area contributed by atoms with Crippen LogP contribution in [0.1, 0.15) is 41.1 Å². The molecule has 26 heavy (non-hydrogen) atoms. The molecule has 1 aromatic carbocycles. The summed E-state index contributed by atoms with van der Waals surface area (Å²) in [6.45, 7) is 2.04. The van der Waals surface area contributed by atoms with Crippen molar-refractivity contribution in [1.82, 2.24) is 15.2 Å². The van der Waals surface area contributed by atoms with E-state index in [-0.39, 0.29) is 0 Å². The molecule has 3 aromatic rings. The molecule has 0 radical (unpaired) electrons. The number of aryl methyl sites for hydroxylation is 3. The molecule has 0 unspecified atom stereocenters. The molecule has 1 aliphatic rings. The first kappa shape index (κ1) is 16.8. The Morgan fingerprint density at radius 2 is 1.96 bits per heavy atom. The Kier molecular flexibility index (Phi) is 4.72. The highest BCUT2D eigenvalue weighted by Gasteiger charge is 2.16. The van der Waals surface area contributed by atoms with E-state index in [1.165, 1.54) is 35.7 Å². The number of fused-ring (bicyclic) bond motifs is 1. The van der Waals surface area contributed by atoms with Crippen molar-refractivity contribution in [1.29, 1.82) is 5.26 Å². The first-order valence-electron chi connectivity index (χ1n) is 8.68. The number of pyridine rings is 1. The fourth-order valence-corrected chi connectivity index (χ4v) is 3.87. The van der Waals surface area contributed by atoms with E-state index < -0.39 is 0 Å².